The van der Waals surface area contributed by atoms with Crippen molar-refractivity contribution in [2.75, 3.05) is 38.6 Å². The van der Waals surface area contributed by atoms with Crippen LogP contribution >= 0.6 is 28.1 Å². The Kier molecular flexibility index (Phi) is 9.89. The number of methoxy groups -OCH3 is 1. The van der Waals surface area contributed by atoms with Gasteiger partial charge in [0.2, 0.25) is 10.0 Å². The molecule has 0 bridgehead atoms. The van der Waals surface area contributed by atoms with Gasteiger partial charge in [-0.15, -0.1) is 0 Å². The summed E-state index contributed by atoms with van der Waals surface area (Å²) >= 11 is 8.66. The standard InChI is InChI=1S/C32H31BrN4O4S2/c1-41-29-17-12-25(22-28(29)33)31(38)35-32(42)34-26-13-15-27(16-14-26)43(39,40)37-20-18-36(19-21-37)30(23-8-4-2-5-9-23)24-10-6-3-7-11-24/h2-17,22,30H,18-21H2,1H3,(H2,34,35,38,42). The average molecular weight is 680 g/mol. The summed E-state index contributed by atoms with van der Waals surface area (Å²) in [6.07, 6.45) is 0. The summed E-state index contributed by atoms with van der Waals surface area (Å²) in [7, 11) is -2.14. The summed E-state index contributed by atoms with van der Waals surface area (Å²) in [4.78, 5) is 15.1. The molecule has 0 unspecified atom stereocenters. The Bertz CT molecular complexity index is 1640. The van der Waals surface area contributed by atoms with Crippen LogP contribution in [0.1, 0.15) is 27.5 Å². The van der Waals surface area contributed by atoms with Crippen molar-refractivity contribution >= 4 is 54.9 Å². The molecule has 1 aliphatic rings. The molecule has 0 aliphatic carbocycles. The van der Waals surface area contributed by atoms with Crippen LogP contribution in [0.2, 0.25) is 0 Å². The topological polar surface area (TPSA) is 91.0 Å². The van der Waals surface area contributed by atoms with Gasteiger partial charge in [0.15, 0.2) is 5.11 Å². The number of sulfonamides is 1. The quantitative estimate of drug-likeness (QED) is 0.232. The van der Waals surface area contributed by atoms with Gasteiger partial charge in [-0.1, -0.05) is 60.7 Å². The molecule has 0 spiro atoms. The number of benzene rings is 4. The third-order valence-electron chi connectivity index (χ3n) is 7.26. The monoisotopic (exact) mass is 678 g/mol. The number of ether oxygens (including phenoxy) is 1. The van der Waals surface area contributed by atoms with E-state index in [1.807, 2.05) is 36.4 Å². The Morgan fingerprint density at radius 2 is 1.44 bits per heavy atom. The maximum absolute atomic E-state index is 13.5. The Morgan fingerprint density at radius 3 is 1.98 bits per heavy atom. The summed E-state index contributed by atoms with van der Waals surface area (Å²) in [6.45, 7) is 1.98. The highest BCUT2D eigenvalue weighted by Crippen LogP contribution is 2.31. The third kappa shape index (κ3) is 7.31. The Morgan fingerprint density at radius 1 is 0.860 bits per heavy atom. The van der Waals surface area contributed by atoms with Crippen molar-refractivity contribution in [2.24, 2.45) is 0 Å². The molecule has 1 heterocycles. The van der Waals surface area contributed by atoms with E-state index in [-0.39, 0.29) is 22.0 Å². The maximum Gasteiger partial charge on any atom is 0.257 e. The number of hydrogen-bond donors (Lipinski definition) is 2. The van der Waals surface area contributed by atoms with Gasteiger partial charge >= 0.3 is 0 Å². The lowest BCUT2D eigenvalue weighted by Crippen LogP contribution is -2.49. The molecule has 5 rings (SSSR count). The molecule has 4 aromatic carbocycles. The van der Waals surface area contributed by atoms with Gasteiger partial charge in [-0.25, -0.2) is 8.42 Å². The number of nitrogens with zero attached hydrogens (tertiary/aromatic N) is 2. The maximum atomic E-state index is 13.5. The predicted molar refractivity (Wildman–Crippen MR) is 176 cm³/mol. The van der Waals surface area contributed by atoms with Crippen molar-refractivity contribution in [3.63, 3.8) is 0 Å². The number of nitrogens with one attached hydrogen (secondary N) is 2. The summed E-state index contributed by atoms with van der Waals surface area (Å²) in [5.41, 5.74) is 3.31. The molecule has 8 nitrogen and oxygen atoms in total. The molecule has 0 saturated carbocycles. The van der Waals surface area contributed by atoms with E-state index < -0.39 is 10.0 Å². The summed E-state index contributed by atoms with van der Waals surface area (Å²) in [6, 6.07) is 32.0. The predicted octanol–water partition coefficient (Wildman–Crippen LogP) is 5.68. The minimum absolute atomic E-state index is 0.0492. The number of halogens is 1. The molecule has 11 heteroatoms. The van der Waals surface area contributed by atoms with Crippen LogP contribution in [0.4, 0.5) is 5.69 Å². The minimum Gasteiger partial charge on any atom is -0.496 e. The second-order valence-electron chi connectivity index (χ2n) is 9.95. The number of amides is 1. The van der Waals surface area contributed by atoms with E-state index in [0.29, 0.717) is 47.7 Å². The number of piperazine rings is 1. The SMILES string of the molecule is COc1ccc(C(=O)NC(=S)Nc2ccc(S(=O)(=O)N3CCN(C(c4ccccc4)c4ccccc4)CC3)cc2)cc1Br. The lowest BCUT2D eigenvalue weighted by Gasteiger charge is -2.39. The van der Waals surface area contributed by atoms with E-state index in [1.165, 1.54) is 15.4 Å². The number of rotatable bonds is 8. The van der Waals surface area contributed by atoms with E-state index in [4.69, 9.17) is 17.0 Å². The first-order valence-corrected chi connectivity index (χ1v) is 16.3. The molecule has 1 aliphatic heterocycles. The first-order chi connectivity index (χ1) is 20.8. The Balaban J connectivity index is 1.20. The number of anilines is 1. The van der Waals surface area contributed by atoms with Crippen LogP contribution in [-0.4, -0.2) is 61.9 Å². The van der Waals surface area contributed by atoms with Crippen molar-refractivity contribution in [1.29, 1.82) is 0 Å². The minimum atomic E-state index is -3.69. The van der Waals surface area contributed by atoms with Gasteiger partial charge in [0.25, 0.3) is 5.91 Å². The average Bonchev–Trinajstić information content (AvgIpc) is 3.02. The zero-order chi connectivity index (χ0) is 30.4. The van der Waals surface area contributed by atoms with Gasteiger partial charge in [0.05, 0.1) is 22.5 Å². The smallest absolute Gasteiger partial charge is 0.257 e. The lowest BCUT2D eigenvalue weighted by atomic mass is 9.96. The fourth-order valence-corrected chi connectivity index (χ4v) is 7.26. The molecular formula is C32H31BrN4O4S2. The van der Waals surface area contributed by atoms with E-state index in [0.717, 1.165) is 0 Å². The van der Waals surface area contributed by atoms with Gasteiger partial charge in [-0.3, -0.25) is 15.0 Å². The third-order valence-corrected chi connectivity index (χ3v) is 10.00. The number of carbonyl (C=O) groups excluding carboxylic acids is 1. The fraction of sp³-hybridized carbons (Fsp3) is 0.188. The first-order valence-electron chi connectivity index (χ1n) is 13.7. The zero-order valence-electron chi connectivity index (χ0n) is 23.4. The molecule has 2 N–H and O–H groups in total. The van der Waals surface area contributed by atoms with E-state index in [2.05, 4.69) is 55.7 Å². The highest BCUT2D eigenvalue weighted by Gasteiger charge is 2.32. The molecule has 1 fully saturated rings. The largest absolute Gasteiger partial charge is 0.496 e. The van der Waals surface area contributed by atoms with Gasteiger partial charge in [-0.05, 0) is 81.7 Å². The molecule has 222 valence electrons. The number of thiocarbonyl (C=S) groups is 1. The molecule has 4 aromatic rings. The fourth-order valence-electron chi connectivity index (χ4n) is 5.09. The summed E-state index contributed by atoms with van der Waals surface area (Å²) in [5, 5.41) is 5.66. The Hall–Kier alpha value is -3.61. The molecule has 0 radical (unpaired) electrons. The van der Waals surface area contributed by atoms with Crippen LogP contribution in [0.15, 0.2) is 112 Å². The van der Waals surface area contributed by atoms with E-state index in [1.54, 1.807) is 49.6 Å². The van der Waals surface area contributed by atoms with Gasteiger partial charge < -0.3 is 10.1 Å². The summed E-state index contributed by atoms with van der Waals surface area (Å²) < 4.78 is 34.4. The summed E-state index contributed by atoms with van der Waals surface area (Å²) in [5.74, 6) is 0.221. The first kappa shape index (κ1) is 30.8. The van der Waals surface area contributed by atoms with E-state index >= 15 is 0 Å². The number of carbonyl (C=O) groups is 1. The van der Waals surface area contributed by atoms with Crippen molar-refractivity contribution in [3.8, 4) is 5.75 Å². The van der Waals surface area contributed by atoms with Crippen LogP contribution < -0.4 is 15.4 Å². The van der Waals surface area contributed by atoms with E-state index in [9.17, 15) is 13.2 Å². The van der Waals surface area contributed by atoms with Crippen molar-refractivity contribution < 1.29 is 17.9 Å². The molecule has 43 heavy (non-hydrogen) atoms. The van der Waals surface area contributed by atoms with Crippen LogP contribution in [0.25, 0.3) is 0 Å². The second kappa shape index (κ2) is 13.8. The molecule has 0 aromatic heterocycles. The van der Waals surface area contributed by atoms with Crippen LogP contribution in [-0.2, 0) is 10.0 Å². The van der Waals surface area contributed by atoms with Crippen LogP contribution in [0.3, 0.4) is 0 Å². The number of hydrogen-bond acceptors (Lipinski definition) is 6. The second-order valence-corrected chi connectivity index (χ2v) is 13.1. The molecule has 1 saturated heterocycles. The van der Waals surface area contributed by atoms with Gasteiger partial charge in [0.1, 0.15) is 5.75 Å². The van der Waals surface area contributed by atoms with Crippen molar-refractivity contribution in [2.45, 2.75) is 10.9 Å². The Labute approximate surface area is 265 Å². The van der Waals surface area contributed by atoms with Crippen LogP contribution in [0.5, 0.6) is 5.75 Å². The zero-order valence-corrected chi connectivity index (χ0v) is 26.7. The normalized spacial score (nSPS) is 14.3. The van der Waals surface area contributed by atoms with Gasteiger partial charge in [0, 0.05) is 37.4 Å². The molecular weight excluding hydrogens is 648 g/mol. The highest BCUT2D eigenvalue weighted by molar-refractivity contribution is 9.10. The van der Waals surface area contributed by atoms with Crippen molar-refractivity contribution in [3.05, 3.63) is 124 Å². The highest BCUT2D eigenvalue weighted by atomic mass is 79.9. The molecule has 0 atom stereocenters. The molecule has 1 amide bonds. The van der Waals surface area contributed by atoms with Gasteiger partial charge in [-0.2, -0.15) is 4.31 Å². The lowest BCUT2D eigenvalue weighted by molar-refractivity contribution is 0.0977. The van der Waals surface area contributed by atoms with Crippen LogP contribution in [0, 0.1) is 0 Å². The van der Waals surface area contributed by atoms with Crippen molar-refractivity contribution in [1.82, 2.24) is 14.5 Å².